The number of alkyl halides is 1. The van der Waals surface area contributed by atoms with Gasteiger partial charge in [-0.2, -0.15) is 0 Å². The van der Waals surface area contributed by atoms with Crippen molar-refractivity contribution in [1.29, 1.82) is 0 Å². The lowest BCUT2D eigenvalue weighted by Crippen LogP contribution is -2.34. The lowest BCUT2D eigenvalue weighted by molar-refractivity contribution is -0.123. The van der Waals surface area contributed by atoms with Gasteiger partial charge in [-0.05, 0) is 24.5 Å². The van der Waals surface area contributed by atoms with Crippen LogP contribution < -0.4 is 4.90 Å². The average Bonchev–Trinajstić information content (AvgIpc) is 2.56. The van der Waals surface area contributed by atoms with Crippen molar-refractivity contribution in [2.45, 2.75) is 51.3 Å². The maximum atomic E-state index is 12.3. The zero-order valence-corrected chi connectivity index (χ0v) is 14.3. The molecule has 0 unspecified atom stereocenters. The van der Waals surface area contributed by atoms with Crippen molar-refractivity contribution in [2.24, 2.45) is 5.92 Å². The van der Waals surface area contributed by atoms with Crippen molar-refractivity contribution >= 4 is 27.7 Å². The highest BCUT2D eigenvalue weighted by Gasteiger charge is 2.25. The molecule has 0 N–H and O–H groups in total. The van der Waals surface area contributed by atoms with Gasteiger partial charge in [0.25, 0.3) is 0 Å². The van der Waals surface area contributed by atoms with Crippen molar-refractivity contribution < 1.29 is 4.79 Å². The Labute approximate surface area is 130 Å². The van der Waals surface area contributed by atoms with Crippen LogP contribution in [-0.4, -0.2) is 17.9 Å². The predicted molar refractivity (Wildman–Crippen MR) is 88.2 cm³/mol. The Hall–Kier alpha value is -0.900. The molecule has 0 aromatic carbocycles. The standard InChI is InChI=1S/C14H19BrN2O.C2H6/c1-17(13-8-7-11(9-15)10-16-13)14(18)12-5-3-2-4-6-12;1-2/h7-8,10,12H,2-6,9H2,1H3;1-2H3. The van der Waals surface area contributed by atoms with E-state index in [0.717, 1.165) is 29.6 Å². The van der Waals surface area contributed by atoms with Crippen LogP contribution in [0.25, 0.3) is 0 Å². The van der Waals surface area contributed by atoms with Crippen LogP contribution in [0.4, 0.5) is 5.82 Å². The number of rotatable bonds is 3. The summed E-state index contributed by atoms with van der Waals surface area (Å²) in [6.45, 7) is 4.00. The molecule has 4 heteroatoms. The maximum Gasteiger partial charge on any atom is 0.230 e. The molecule has 20 heavy (non-hydrogen) atoms. The first-order valence-corrected chi connectivity index (χ1v) is 8.63. The number of pyridine rings is 1. The summed E-state index contributed by atoms with van der Waals surface area (Å²) in [4.78, 5) is 18.4. The molecule has 0 aliphatic heterocycles. The number of carbonyl (C=O) groups excluding carboxylic acids is 1. The number of halogens is 1. The molecule has 1 fully saturated rings. The van der Waals surface area contributed by atoms with E-state index in [1.807, 2.05) is 39.2 Å². The van der Waals surface area contributed by atoms with Crippen molar-refractivity contribution in [3.05, 3.63) is 23.9 Å². The highest BCUT2D eigenvalue weighted by atomic mass is 79.9. The fourth-order valence-corrected chi connectivity index (χ4v) is 2.76. The normalized spacial score (nSPS) is 15.2. The second-order valence-electron chi connectivity index (χ2n) is 4.89. The van der Waals surface area contributed by atoms with E-state index in [4.69, 9.17) is 0 Å². The summed E-state index contributed by atoms with van der Waals surface area (Å²) >= 11 is 3.39. The zero-order chi connectivity index (χ0) is 15.0. The Kier molecular flexibility index (Phi) is 7.82. The second-order valence-corrected chi connectivity index (χ2v) is 5.45. The Morgan fingerprint density at radius 1 is 1.30 bits per heavy atom. The van der Waals surface area contributed by atoms with Crippen molar-refractivity contribution in [3.63, 3.8) is 0 Å². The fourth-order valence-electron chi connectivity index (χ4n) is 2.43. The summed E-state index contributed by atoms with van der Waals surface area (Å²) in [6.07, 6.45) is 7.51. The van der Waals surface area contributed by atoms with E-state index < -0.39 is 0 Å². The van der Waals surface area contributed by atoms with Crippen molar-refractivity contribution in [3.8, 4) is 0 Å². The summed E-state index contributed by atoms with van der Waals surface area (Å²) in [5.41, 5.74) is 1.12. The molecule has 0 radical (unpaired) electrons. The van der Waals surface area contributed by atoms with Crippen LogP contribution in [0.1, 0.15) is 51.5 Å². The molecule has 112 valence electrons. The van der Waals surface area contributed by atoms with Gasteiger partial charge in [-0.3, -0.25) is 9.69 Å². The van der Waals surface area contributed by atoms with Crippen LogP contribution in [0.15, 0.2) is 18.3 Å². The van der Waals surface area contributed by atoms with E-state index in [1.54, 1.807) is 4.90 Å². The van der Waals surface area contributed by atoms with Crippen LogP contribution in [0, 0.1) is 5.92 Å². The highest BCUT2D eigenvalue weighted by Crippen LogP contribution is 2.26. The minimum atomic E-state index is 0.196. The topological polar surface area (TPSA) is 33.2 Å². The molecule has 1 aliphatic carbocycles. The van der Waals surface area contributed by atoms with Gasteiger partial charge in [-0.25, -0.2) is 4.98 Å². The Morgan fingerprint density at radius 3 is 2.45 bits per heavy atom. The summed E-state index contributed by atoms with van der Waals surface area (Å²) < 4.78 is 0. The third-order valence-electron chi connectivity index (χ3n) is 3.59. The Bertz CT molecular complexity index is 399. The Balaban J connectivity index is 0.000000956. The number of amides is 1. The average molecular weight is 341 g/mol. The number of nitrogens with zero attached hydrogens (tertiary/aromatic N) is 2. The van der Waals surface area contributed by atoms with Crippen LogP contribution in [-0.2, 0) is 10.1 Å². The summed E-state index contributed by atoms with van der Waals surface area (Å²) in [7, 11) is 1.83. The first kappa shape index (κ1) is 17.2. The monoisotopic (exact) mass is 340 g/mol. The summed E-state index contributed by atoms with van der Waals surface area (Å²) in [5.74, 6) is 1.16. The minimum Gasteiger partial charge on any atom is -0.300 e. The van der Waals surface area contributed by atoms with Gasteiger partial charge in [0.1, 0.15) is 5.82 Å². The van der Waals surface area contributed by atoms with Crippen LogP contribution in [0.3, 0.4) is 0 Å². The van der Waals surface area contributed by atoms with Gasteiger partial charge in [-0.1, -0.05) is 55.1 Å². The number of carbonyl (C=O) groups is 1. The van der Waals surface area contributed by atoms with Crippen LogP contribution in [0.2, 0.25) is 0 Å². The van der Waals surface area contributed by atoms with Gasteiger partial charge in [0.05, 0.1) is 0 Å². The molecule has 3 nitrogen and oxygen atoms in total. The Morgan fingerprint density at radius 2 is 1.95 bits per heavy atom. The van der Waals surface area contributed by atoms with E-state index >= 15 is 0 Å². The molecule has 1 amide bonds. The van der Waals surface area contributed by atoms with Gasteiger partial charge in [-0.15, -0.1) is 0 Å². The maximum absolute atomic E-state index is 12.3. The quantitative estimate of drug-likeness (QED) is 0.756. The van der Waals surface area contributed by atoms with E-state index in [2.05, 4.69) is 20.9 Å². The van der Waals surface area contributed by atoms with Crippen LogP contribution >= 0.6 is 15.9 Å². The number of anilines is 1. The molecule has 1 saturated carbocycles. The van der Waals surface area contributed by atoms with Crippen molar-refractivity contribution in [2.75, 3.05) is 11.9 Å². The lowest BCUT2D eigenvalue weighted by Gasteiger charge is -2.25. The fraction of sp³-hybridized carbons (Fsp3) is 0.625. The van der Waals surface area contributed by atoms with E-state index in [0.29, 0.717) is 0 Å². The molecule has 1 aliphatic rings. The smallest absolute Gasteiger partial charge is 0.230 e. The molecule has 1 aromatic heterocycles. The molecule has 1 aromatic rings. The molecule has 0 atom stereocenters. The SMILES string of the molecule is CC.CN(C(=O)C1CCCCC1)c1ccc(CBr)cn1. The zero-order valence-electron chi connectivity index (χ0n) is 12.7. The summed E-state index contributed by atoms with van der Waals surface area (Å²) in [5, 5.41) is 0.792. The largest absolute Gasteiger partial charge is 0.300 e. The van der Waals surface area contributed by atoms with Crippen LogP contribution in [0.5, 0.6) is 0 Å². The van der Waals surface area contributed by atoms with Gasteiger partial charge < -0.3 is 0 Å². The number of hydrogen-bond donors (Lipinski definition) is 0. The van der Waals surface area contributed by atoms with Crippen molar-refractivity contribution in [1.82, 2.24) is 4.98 Å². The van der Waals surface area contributed by atoms with Gasteiger partial charge in [0.2, 0.25) is 5.91 Å². The molecule has 0 spiro atoms. The lowest BCUT2D eigenvalue weighted by atomic mass is 9.88. The minimum absolute atomic E-state index is 0.196. The molecule has 1 heterocycles. The molecular weight excluding hydrogens is 316 g/mol. The van der Waals surface area contributed by atoms with Gasteiger partial charge in [0.15, 0.2) is 0 Å². The number of aromatic nitrogens is 1. The third-order valence-corrected chi connectivity index (χ3v) is 4.24. The molecule has 2 rings (SSSR count). The third kappa shape index (κ3) is 4.58. The molecule has 0 saturated heterocycles. The first-order valence-electron chi connectivity index (χ1n) is 7.51. The van der Waals surface area contributed by atoms with E-state index in [9.17, 15) is 4.79 Å². The highest BCUT2D eigenvalue weighted by molar-refractivity contribution is 9.08. The van der Waals surface area contributed by atoms with Gasteiger partial charge in [0, 0.05) is 24.5 Å². The van der Waals surface area contributed by atoms with E-state index in [1.165, 1.54) is 19.3 Å². The summed E-state index contributed by atoms with van der Waals surface area (Å²) in [6, 6.07) is 3.92. The molecule has 0 bridgehead atoms. The van der Waals surface area contributed by atoms with E-state index in [-0.39, 0.29) is 11.8 Å². The second kappa shape index (κ2) is 9.11. The first-order chi connectivity index (χ1) is 9.72. The predicted octanol–water partition coefficient (Wildman–Crippen LogP) is 4.55. The van der Waals surface area contributed by atoms with Gasteiger partial charge >= 0.3 is 0 Å². The molecular formula is C16H25BrN2O. The number of hydrogen-bond acceptors (Lipinski definition) is 2.